The molecule has 1 heterocycles. The first-order valence-corrected chi connectivity index (χ1v) is 6.18. The van der Waals surface area contributed by atoms with Gasteiger partial charge >= 0.3 is 0 Å². The lowest BCUT2D eigenvalue weighted by Crippen LogP contribution is -2.36. The van der Waals surface area contributed by atoms with Crippen LogP contribution in [0, 0.1) is 5.92 Å². The van der Waals surface area contributed by atoms with Crippen LogP contribution in [0.15, 0.2) is 18.3 Å². The van der Waals surface area contributed by atoms with E-state index in [-0.39, 0.29) is 5.91 Å². The molecule has 0 unspecified atom stereocenters. The molecule has 100 valence electrons. The highest BCUT2D eigenvalue weighted by molar-refractivity contribution is 5.94. The first-order chi connectivity index (χ1) is 8.52. The van der Waals surface area contributed by atoms with Gasteiger partial charge < -0.3 is 15.8 Å². The van der Waals surface area contributed by atoms with Gasteiger partial charge in [-0.3, -0.25) is 4.79 Å². The highest BCUT2D eigenvalue weighted by Crippen LogP contribution is 2.12. The van der Waals surface area contributed by atoms with Crippen LogP contribution in [-0.4, -0.2) is 23.5 Å². The summed E-state index contributed by atoms with van der Waals surface area (Å²) in [6.45, 7) is 6.53. The molecule has 1 rings (SSSR count). The van der Waals surface area contributed by atoms with Crippen LogP contribution in [0.2, 0.25) is 0 Å². The Balaban J connectivity index is 2.53. The summed E-state index contributed by atoms with van der Waals surface area (Å²) in [5.74, 6) is 0.751. The molecule has 1 atom stereocenters. The van der Waals surface area contributed by atoms with Gasteiger partial charge in [0.1, 0.15) is 0 Å². The second-order valence-corrected chi connectivity index (χ2v) is 4.54. The largest absolute Gasteiger partial charge is 0.478 e. The lowest BCUT2D eigenvalue weighted by Gasteiger charge is -2.14. The number of nitrogens with two attached hydrogens (primary N) is 1. The normalized spacial score (nSPS) is 12.3. The first kappa shape index (κ1) is 14.4. The number of rotatable bonds is 6. The highest BCUT2D eigenvalue weighted by Gasteiger charge is 2.15. The molecule has 1 aromatic rings. The van der Waals surface area contributed by atoms with Gasteiger partial charge in [-0.25, -0.2) is 4.98 Å². The number of carbonyl (C=O) groups excluding carboxylic acids is 1. The predicted octanol–water partition coefficient (Wildman–Crippen LogP) is 1.79. The number of carbonyl (C=O) groups is 1. The Labute approximate surface area is 108 Å². The van der Waals surface area contributed by atoms with Crippen molar-refractivity contribution in [1.29, 1.82) is 0 Å². The van der Waals surface area contributed by atoms with Crippen LogP contribution in [0.5, 0.6) is 5.88 Å². The maximum absolute atomic E-state index is 11.8. The van der Waals surface area contributed by atoms with Crippen molar-refractivity contribution in [2.24, 2.45) is 11.7 Å². The summed E-state index contributed by atoms with van der Waals surface area (Å²) < 4.78 is 5.22. The Kier molecular flexibility index (Phi) is 5.58. The van der Waals surface area contributed by atoms with Crippen LogP contribution >= 0.6 is 0 Å². The second kappa shape index (κ2) is 6.96. The number of nitrogens with one attached hydrogen (secondary N) is 1. The van der Waals surface area contributed by atoms with Crippen molar-refractivity contribution in [2.45, 2.75) is 33.2 Å². The molecule has 5 heteroatoms. The Morgan fingerprint density at radius 3 is 2.72 bits per heavy atom. The Bertz CT molecular complexity index is 376. The molecular formula is C13H21N3O2. The number of anilines is 1. The summed E-state index contributed by atoms with van der Waals surface area (Å²) in [7, 11) is 0. The van der Waals surface area contributed by atoms with Crippen LogP contribution in [0.1, 0.15) is 27.2 Å². The molecule has 3 N–H and O–H groups in total. The zero-order valence-corrected chi connectivity index (χ0v) is 11.1. The third-order valence-corrected chi connectivity index (χ3v) is 2.36. The van der Waals surface area contributed by atoms with Gasteiger partial charge in [0.25, 0.3) is 0 Å². The van der Waals surface area contributed by atoms with Gasteiger partial charge in [0.15, 0.2) is 0 Å². The Morgan fingerprint density at radius 2 is 2.22 bits per heavy atom. The standard InChI is InChI=1S/C13H21N3O2/c1-4-18-12-6-5-10(8-15-12)16-13(17)11(14)7-9(2)3/h5-6,8-9,11H,4,7,14H2,1-3H3,(H,16,17)/t11-/m0/s1. The van der Waals surface area contributed by atoms with E-state index >= 15 is 0 Å². The van der Waals surface area contributed by atoms with Crippen molar-refractivity contribution in [2.75, 3.05) is 11.9 Å². The number of pyridine rings is 1. The summed E-state index contributed by atoms with van der Waals surface area (Å²) in [6, 6.07) is 2.97. The fourth-order valence-corrected chi connectivity index (χ4v) is 1.54. The van der Waals surface area contributed by atoms with Crippen molar-refractivity contribution >= 4 is 11.6 Å². The van der Waals surface area contributed by atoms with Gasteiger partial charge in [-0.15, -0.1) is 0 Å². The maximum Gasteiger partial charge on any atom is 0.241 e. The van der Waals surface area contributed by atoms with Crippen LogP contribution in [0.4, 0.5) is 5.69 Å². The van der Waals surface area contributed by atoms with Gasteiger partial charge in [0.05, 0.1) is 24.5 Å². The van der Waals surface area contributed by atoms with E-state index < -0.39 is 6.04 Å². The topological polar surface area (TPSA) is 77.2 Å². The van der Waals surface area contributed by atoms with E-state index in [1.165, 1.54) is 0 Å². The third kappa shape index (κ3) is 4.71. The summed E-state index contributed by atoms with van der Waals surface area (Å²) in [6.07, 6.45) is 2.22. The van der Waals surface area contributed by atoms with E-state index in [0.29, 0.717) is 30.5 Å². The molecule has 0 spiro atoms. The van der Waals surface area contributed by atoms with Gasteiger partial charge in [-0.2, -0.15) is 0 Å². The first-order valence-electron chi connectivity index (χ1n) is 6.18. The fraction of sp³-hybridized carbons (Fsp3) is 0.538. The molecule has 0 fully saturated rings. The van der Waals surface area contributed by atoms with Crippen LogP contribution in [-0.2, 0) is 4.79 Å². The van der Waals surface area contributed by atoms with Crippen molar-refractivity contribution < 1.29 is 9.53 Å². The zero-order valence-electron chi connectivity index (χ0n) is 11.1. The number of amides is 1. The van der Waals surface area contributed by atoms with Crippen molar-refractivity contribution in [3.63, 3.8) is 0 Å². The lowest BCUT2D eigenvalue weighted by atomic mass is 10.0. The summed E-state index contributed by atoms with van der Waals surface area (Å²) in [5.41, 5.74) is 6.41. The number of ether oxygens (including phenoxy) is 1. The molecule has 0 saturated carbocycles. The fourth-order valence-electron chi connectivity index (χ4n) is 1.54. The summed E-state index contributed by atoms with van der Waals surface area (Å²) >= 11 is 0. The number of hydrogen-bond donors (Lipinski definition) is 2. The van der Waals surface area contributed by atoms with E-state index in [9.17, 15) is 4.79 Å². The monoisotopic (exact) mass is 251 g/mol. The lowest BCUT2D eigenvalue weighted by molar-refractivity contribution is -0.117. The molecule has 0 aliphatic carbocycles. The minimum Gasteiger partial charge on any atom is -0.478 e. The average molecular weight is 251 g/mol. The minimum absolute atomic E-state index is 0.186. The Hall–Kier alpha value is -1.62. The molecule has 0 aliphatic heterocycles. The smallest absolute Gasteiger partial charge is 0.241 e. The highest BCUT2D eigenvalue weighted by atomic mass is 16.5. The molecule has 0 aliphatic rings. The number of nitrogens with zero attached hydrogens (tertiary/aromatic N) is 1. The Morgan fingerprint density at radius 1 is 1.50 bits per heavy atom. The van der Waals surface area contributed by atoms with E-state index in [1.54, 1.807) is 18.3 Å². The summed E-state index contributed by atoms with van der Waals surface area (Å²) in [5, 5.41) is 2.73. The molecule has 1 amide bonds. The van der Waals surface area contributed by atoms with Crippen molar-refractivity contribution in [3.05, 3.63) is 18.3 Å². The van der Waals surface area contributed by atoms with Gasteiger partial charge in [-0.05, 0) is 25.3 Å². The van der Waals surface area contributed by atoms with Crippen LogP contribution in [0.25, 0.3) is 0 Å². The minimum atomic E-state index is -0.489. The molecule has 5 nitrogen and oxygen atoms in total. The summed E-state index contributed by atoms with van der Waals surface area (Å²) in [4.78, 5) is 15.8. The number of aromatic nitrogens is 1. The van der Waals surface area contributed by atoms with E-state index in [0.717, 1.165) is 0 Å². The molecule has 0 aromatic carbocycles. The van der Waals surface area contributed by atoms with Gasteiger partial charge in [-0.1, -0.05) is 13.8 Å². The van der Waals surface area contributed by atoms with E-state index in [1.807, 2.05) is 20.8 Å². The second-order valence-electron chi connectivity index (χ2n) is 4.54. The maximum atomic E-state index is 11.8. The predicted molar refractivity (Wildman–Crippen MR) is 71.5 cm³/mol. The quantitative estimate of drug-likeness (QED) is 0.808. The average Bonchev–Trinajstić information content (AvgIpc) is 2.31. The van der Waals surface area contributed by atoms with Gasteiger partial charge in [0, 0.05) is 6.07 Å². The number of hydrogen-bond acceptors (Lipinski definition) is 4. The van der Waals surface area contributed by atoms with Crippen LogP contribution < -0.4 is 15.8 Å². The van der Waals surface area contributed by atoms with Crippen molar-refractivity contribution in [3.8, 4) is 5.88 Å². The van der Waals surface area contributed by atoms with Crippen LogP contribution in [0.3, 0.4) is 0 Å². The van der Waals surface area contributed by atoms with Crippen molar-refractivity contribution in [1.82, 2.24) is 4.98 Å². The molecule has 0 bridgehead atoms. The SMILES string of the molecule is CCOc1ccc(NC(=O)[C@@H](N)CC(C)C)cn1. The molecule has 0 radical (unpaired) electrons. The van der Waals surface area contributed by atoms with E-state index in [4.69, 9.17) is 10.5 Å². The zero-order chi connectivity index (χ0) is 13.5. The molecule has 18 heavy (non-hydrogen) atoms. The molecule has 1 aromatic heterocycles. The molecule has 0 saturated heterocycles. The third-order valence-electron chi connectivity index (χ3n) is 2.36. The van der Waals surface area contributed by atoms with E-state index in [2.05, 4.69) is 10.3 Å². The van der Waals surface area contributed by atoms with Gasteiger partial charge in [0.2, 0.25) is 11.8 Å². The molecular weight excluding hydrogens is 230 g/mol.